The second kappa shape index (κ2) is 4.05. The summed E-state index contributed by atoms with van der Waals surface area (Å²) in [4.78, 5) is 12.2. The average Bonchev–Trinajstić information content (AvgIpc) is 2.43. The summed E-state index contributed by atoms with van der Waals surface area (Å²) in [7, 11) is 1.45. The van der Waals surface area contributed by atoms with Crippen LogP contribution in [0.5, 0.6) is 5.75 Å². The van der Waals surface area contributed by atoms with Gasteiger partial charge in [0.2, 0.25) is 5.43 Å². The van der Waals surface area contributed by atoms with Crippen LogP contribution in [0.4, 0.5) is 8.78 Å². The largest absolute Gasteiger partial charge is 0.497 e. The predicted molar refractivity (Wildman–Crippen MR) is 66.5 cm³/mol. The molecule has 2 aromatic carbocycles. The van der Waals surface area contributed by atoms with Gasteiger partial charge in [-0.2, -0.15) is 0 Å². The minimum atomic E-state index is -1.20. The van der Waals surface area contributed by atoms with Crippen LogP contribution in [0.25, 0.3) is 21.9 Å². The summed E-state index contributed by atoms with van der Waals surface area (Å²) in [5.41, 5.74) is -0.307. The molecule has 96 valence electrons. The lowest BCUT2D eigenvalue weighted by molar-refractivity contribution is 0.415. The highest BCUT2D eigenvalue weighted by Crippen LogP contribution is 2.24. The van der Waals surface area contributed by atoms with Gasteiger partial charge < -0.3 is 9.15 Å². The maximum atomic E-state index is 13.7. The normalized spacial score (nSPS) is 11.1. The monoisotopic (exact) mass is 262 g/mol. The summed E-state index contributed by atoms with van der Waals surface area (Å²) in [5, 5.41) is -0.239. The number of hydrogen-bond donors (Lipinski definition) is 0. The second-order valence-corrected chi connectivity index (χ2v) is 4.03. The van der Waals surface area contributed by atoms with Gasteiger partial charge in [0.1, 0.15) is 22.3 Å². The molecule has 0 unspecified atom stereocenters. The molecule has 19 heavy (non-hydrogen) atoms. The molecule has 1 heterocycles. The zero-order chi connectivity index (χ0) is 13.6. The van der Waals surface area contributed by atoms with Gasteiger partial charge in [-0.15, -0.1) is 0 Å². The van der Waals surface area contributed by atoms with Crippen LogP contribution in [0, 0.1) is 11.6 Å². The molecule has 3 aromatic rings. The summed E-state index contributed by atoms with van der Waals surface area (Å²) < 4.78 is 37.3. The molecule has 3 nitrogen and oxygen atoms in total. The maximum absolute atomic E-state index is 13.7. The molecule has 0 saturated carbocycles. The molecular weight excluding hydrogens is 254 g/mol. The van der Waals surface area contributed by atoms with Crippen molar-refractivity contribution < 1.29 is 17.9 Å². The van der Waals surface area contributed by atoms with E-state index in [1.807, 2.05) is 0 Å². The fourth-order valence-corrected chi connectivity index (χ4v) is 1.99. The summed E-state index contributed by atoms with van der Waals surface area (Å²) >= 11 is 0. The first-order valence-electron chi connectivity index (χ1n) is 5.50. The SMILES string of the molecule is COc1ccc2oc3ccc(F)c(F)c3c(=O)c2c1. The Kier molecular flexibility index (Phi) is 2.48. The lowest BCUT2D eigenvalue weighted by atomic mass is 10.1. The summed E-state index contributed by atoms with van der Waals surface area (Å²) in [6.07, 6.45) is 0. The van der Waals surface area contributed by atoms with Crippen molar-refractivity contribution in [3.05, 3.63) is 52.2 Å². The number of hydrogen-bond acceptors (Lipinski definition) is 3. The van der Waals surface area contributed by atoms with Crippen LogP contribution >= 0.6 is 0 Å². The van der Waals surface area contributed by atoms with Gasteiger partial charge in [-0.05, 0) is 30.3 Å². The van der Waals surface area contributed by atoms with Crippen molar-refractivity contribution in [3.8, 4) is 5.75 Å². The Labute approximate surface area is 106 Å². The fraction of sp³-hybridized carbons (Fsp3) is 0.0714. The zero-order valence-electron chi connectivity index (χ0n) is 9.87. The Morgan fingerprint density at radius 3 is 2.58 bits per heavy atom. The van der Waals surface area contributed by atoms with Crippen molar-refractivity contribution in [2.45, 2.75) is 0 Å². The Morgan fingerprint density at radius 1 is 1.11 bits per heavy atom. The number of benzene rings is 2. The van der Waals surface area contributed by atoms with Gasteiger partial charge in [-0.3, -0.25) is 4.79 Å². The first-order chi connectivity index (χ1) is 9.11. The molecular formula is C14H8F2O3. The zero-order valence-corrected chi connectivity index (χ0v) is 9.87. The van der Waals surface area contributed by atoms with E-state index in [-0.39, 0.29) is 16.4 Å². The molecule has 0 aliphatic carbocycles. The quantitative estimate of drug-likeness (QED) is 0.632. The highest BCUT2D eigenvalue weighted by molar-refractivity contribution is 5.90. The van der Waals surface area contributed by atoms with Crippen LogP contribution in [-0.2, 0) is 0 Å². The third-order valence-electron chi connectivity index (χ3n) is 2.93. The van der Waals surface area contributed by atoms with Gasteiger partial charge in [0, 0.05) is 0 Å². The van der Waals surface area contributed by atoms with Crippen LogP contribution in [-0.4, -0.2) is 7.11 Å². The molecule has 3 rings (SSSR count). The Morgan fingerprint density at radius 2 is 1.84 bits per heavy atom. The lowest BCUT2D eigenvalue weighted by Gasteiger charge is -2.04. The number of ether oxygens (including phenoxy) is 1. The minimum absolute atomic E-state index is 0.0153. The Balaban J connectivity index is 2.54. The van der Waals surface area contributed by atoms with Crippen LogP contribution in [0.1, 0.15) is 0 Å². The van der Waals surface area contributed by atoms with Crippen molar-refractivity contribution in [3.63, 3.8) is 0 Å². The van der Waals surface area contributed by atoms with Gasteiger partial charge in [0.15, 0.2) is 11.6 Å². The minimum Gasteiger partial charge on any atom is -0.497 e. The average molecular weight is 262 g/mol. The van der Waals surface area contributed by atoms with Crippen LogP contribution in [0.3, 0.4) is 0 Å². The van der Waals surface area contributed by atoms with Crippen molar-refractivity contribution in [1.82, 2.24) is 0 Å². The summed E-state index contributed by atoms with van der Waals surface area (Å²) in [5.74, 6) is -1.84. The van der Waals surface area contributed by atoms with Crippen molar-refractivity contribution in [2.75, 3.05) is 7.11 Å². The van der Waals surface area contributed by atoms with E-state index in [4.69, 9.17) is 9.15 Å². The summed E-state index contributed by atoms with van der Waals surface area (Å²) in [6.45, 7) is 0. The number of halogens is 2. The molecule has 0 aliphatic heterocycles. The van der Waals surface area contributed by atoms with E-state index in [2.05, 4.69) is 0 Å². The van der Waals surface area contributed by atoms with Gasteiger partial charge in [0.05, 0.1) is 12.5 Å². The molecule has 0 N–H and O–H groups in total. The third-order valence-corrected chi connectivity index (χ3v) is 2.93. The van der Waals surface area contributed by atoms with E-state index in [9.17, 15) is 13.6 Å². The highest BCUT2D eigenvalue weighted by atomic mass is 19.2. The van der Waals surface area contributed by atoms with Crippen molar-refractivity contribution in [1.29, 1.82) is 0 Å². The van der Waals surface area contributed by atoms with E-state index in [0.29, 0.717) is 11.3 Å². The van der Waals surface area contributed by atoms with E-state index < -0.39 is 17.1 Å². The number of fused-ring (bicyclic) bond motifs is 2. The molecule has 0 bridgehead atoms. The van der Waals surface area contributed by atoms with E-state index >= 15 is 0 Å². The Hall–Kier alpha value is -2.43. The fourth-order valence-electron chi connectivity index (χ4n) is 1.99. The van der Waals surface area contributed by atoms with Crippen LogP contribution in [0.2, 0.25) is 0 Å². The third kappa shape index (κ3) is 1.66. The van der Waals surface area contributed by atoms with Gasteiger partial charge >= 0.3 is 0 Å². The van der Waals surface area contributed by atoms with Gasteiger partial charge in [-0.25, -0.2) is 8.78 Å². The topological polar surface area (TPSA) is 39.4 Å². The Bertz CT molecular complexity index is 853. The van der Waals surface area contributed by atoms with E-state index in [0.717, 1.165) is 6.07 Å². The standard InChI is InChI=1S/C14H8F2O3/c1-18-7-2-4-10-8(6-7)14(17)12-11(19-10)5-3-9(15)13(12)16/h2-6H,1H3. The van der Waals surface area contributed by atoms with Crippen molar-refractivity contribution in [2.24, 2.45) is 0 Å². The molecule has 5 heteroatoms. The van der Waals surface area contributed by atoms with Gasteiger partial charge in [-0.1, -0.05) is 0 Å². The first kappa shape index (κ1) is 11.6. The number of methoxy groups -OCH3 is 1. The molecule has 0 spiro atoms. The highest BCUT2D eigenvalue weighted by Gasteiger charge is 2.15. The number of rotatable bonds is 1. The molecule has 0 atom stereocenters. The first-order valence-corrected chi connectivity index (χ1v) is 5.50. The van der Waals surface area contributed by atoms with E-state index in [1.165, 1.54) is 19.2 Å². The maximum Gasteiger partial charge on any atom is 0.203 e. The second-order valence-electron chi connectivity index (χ2n) is 4.03. The molecule has 0 saturated heterocycles. The molecule has 0 radical (unpaired) electrons. The van der Waals surface area contributed by atoms with Crippen molar-refractivity contribution >= 4 is 21.9 Å². The van der Waals surface area contributed by atoms with Gasteiger partial charge in [0.25, 0.3) is 0 Å². The smallest absolute Gasteiger partial charge is 0.203 e. The van der Waals surface area contributed by atoms with Crippen LogP contribution in [0.15, 0.2) is 39.5 Å². The summed E-state index contributed by atoms with van der Waals surface area (Å²) in [6, 6.07) is 6.77. The lowest BCUT2D eigenvalue weighted by Crippen LogP contribution is -2.05. The molecule has 1 aromatic heterocycles. The molecule has 0 amide bonds. The van der Waals surface area contributed by atoms with E-state index in [1.54, 1.807) is 12.1 Å². The molecule has 0 fully saturated rings. The van der Waals surface area contributed by atoms with Crippen LogP contribution < -0.4 is 10.2 Å². The predicted octanol–water partition coefficient (Wildman–Crippen LogP) is 3.23. The molecule has 0 aliphatic rings.